The second kappa shape index (κ2) is 6.19. The summed E-state index contributed by atoms with van der Waals surface area (Å²) in [6.07, 6.45) is 3.45. The van der Waals surface area contributed by atoms with Crippen LogP contribution >= 0.6 is 0 Å². The van der Waals surface area contributed by atoms with Gasteiger partial charge in [-0.3, -0.25) is 14.5 Å². The number of imide groups is 1. The smallest absolute Gasteiger partial charge is 0.427 e. The van der Waals surface area contributed by atoms with Crippen LogP contribution in [0.2, 0.25) is 0 Å². The van der Waals surface area contributed by atoms with Crippen LogP contribution in [-0.4, -0.2) is 30.6 Å². The minimum absolute atomic E-state index is 0.0672. The maximum absolute atomic E-state index is 14.6. The molecule has 1 fully saturated rings. The number of terminal acetylenes is 1. The summed E-state index contributed by atoms with van der Waals surface area (Å²) in [4.78, 5) is 38.6. The number of cyclic esters (lactones) is 1. The first-order chi connectivity index (χ1) is 12.3. The minimum atomic E-state index is -1.02. The molecule has 0 bridgehead atoms. The van der Waals surface area contributed by atoms with Crippen molar-refractivity contribution >= 4 is 29.3 Å². The lowest BCUT2D eigenvalue weighted by atomic mass is 10.1. The number of allylic oxidation sites excluding steroid dienone is 1. The number of amides is 3. The second-order valence-electron chi connectivity index (χ2n) is 6.00. The Morgan fingerprint density at radius 3 is 2.54 bits per heavy atom. The van der Waals surface area contributed by atoms with Crippen molar-refractivity contribution in [2.24, 2.45) is 0 Å². The molecule has 1 aromatic rings. The largest absolute Gasteiger partial charge is 0.479 e. The van der Waals surface area contributed by atoms with E-state index in [0.717, 1.165) is 6.07 Å². The van der Waals surface area contributed by atoms with Crippen molar-refractivity contribution in [1.82, 2.24) is 0 Å². The quantitative estimate of drug-likeness (QED) is 0.599. The van der Waals surface area contributed by atoms with Crippen LogP contribution in [0, 0.1) is 18.2 Å². The van der Waals surface area contributed by atoms with Gasteiger partial charge in [-0.1, -0.05) is 5.92 Å². The number of halogens is 1. The highest BCUT2D eigenvalue weighted by Gasteiger charge is 2.41. The fourth-order valence-electron chi connectivity index (χ4n) is 2.73. The number of rotatable bonds is 2. The average molecular weight is 358 g/mol. The van der Waals surface area contributed by atoms with Crippen molar-refractivity contribution < 1.29 is 28.2 Å². The summed E-state index contributed by atoms with van der Waals surface area (Å²) >= 11 is 0. The molecule has 1 atom stereocenters. The van der Waals surface area contributed by atoms with Crippen LogP contribution in [-0.2, 0) is 14.3 Å². The van der Waals surface area contributed by atoms with Gasteiger partial charge in [0, 0.05) is 6.07 Å². The normalized spacial score (nSPS) is 19.1. The zero-order valence-corrected chi connectivity index (χ0v) is 14.3. The number of ether oxygens (including phenoxy) is 2. The van der Waals surface area contributed by atoms with Crippen molar-refractivity contribution in [1.29, 1.82) is 0 Å². The van der Waals surface area contributed by atoms with Gasteiger partial charge in [-0.25, -0.2) is 14.1 Å². The Balaban J connectivity index is 2.13. The molecule has 3 rings (SSSR count). The number of carbonyl (C=O) groups excluding carboxylic acids is 3. The standard InChI is InChI=1S/C18H15FN2O5/c1-5-6-20-13-8-12(11(19)7-14(13)25-10(4)16(20)22)21-17(23)15(9(2)3)26-18(21)24/h1,7-8,10H,6H2,2-4H3. The summed E-state index contributed by atoms with van der Waals surface area (Å²) in [5.74, 6) is 0.222. The maximum atomic E-state index is 14.6. The first-order valence-electron chi connectivity index (χ1n) is 7.75. The number of nitrogens with zero attached hydrogens (tertiary/aromatic N) is 2. The van der Waals surface area contributed by atoms with Gasteiger partial charge < -0.3 is 9.47 Å². The highest BCUT2D eigenvalue weighted by atomic mass is 19.1. The zero-order chi connectivity index (χ0) is 19.2. The second-order valence-corrected chi connectivity index (χ2v) is 6.00. The van der Waals surface area contributed by atoms with E-state index in [1.807, 2.05) is 0 Å². The Morgan fingerprint density at radius 1 is 1.27 bits per heavy atom. The van der Waals surface area contributed by atoms with Gasteiger partial charge in [-0.05, 0) is 32.4 Å². The molecule has 2 heterocycles. The van der Waals surface area contributed by atoms with Crippen LogP contribution in [0.1, 0.15) is 20.8 Å². The lowest BCUT2D eigenvalue weighted by Gasteiger charge is -2.32. The van der Waals surface area contributed by atoms with E-state index in [1.54, 1.807) is 13.8 Å². The van der Waals surface area contributed by atoms with Crippen molar-refractivity contribution in [3.8, 4) is 18.1 Å². The molecule has 1 unspecified atom stereocenters. The number of benzene rings is 1. The lowest BCUT2D eigenvalue weighted by Crippen LogP contribution is -2.44. The third kappa shape index (κ3) is 2.58. The molecule has 8 heteroatoms. The zero-order valence-electron chi connectivity index (χ0n) is 14.3. The molecule has 7 nitrogen and oxygen atoms in total. The van der Waals surface area contributed by atoms with E-state index in [1.165, 1.54) is 17.9 Å². The summed E-state index contributed by atoms with van der Waals surface area (Å²) < 4.78 is 24.9. The van der Waals surface area contributed by atoms with E-state index in [2.05, 4.69) is 5.92 Å². The summed E-state index contributed by atoms with van der Waals surface area (Å²) in [6.45, 7) is 4.64. The molecule has 0 saturated carbocycles. The van der Waals surface area contributed by atoms with Gasteiger partial charge in [0.25, 0.3) is 5.91 Å². The molecule has 1 aromatic carbocycles. The van der Waals surface area contributed by atoms with Gasteiger partial charge >= 0.3 is 12.0 Å². The molecule has 1 saturated heterocycles. The molecule has 2 aliphatic heterocycles. The van der Waals surface area contributed by atoms with Crippen molar-refractivity contribution in [3.63, 3.8) is 0 Å². The predicted molar refractivity (Wildman–Crippen MR) is 90.0 cm³/mol. The van der Waals surface area contributed by atoms with Crippen LogP contribution in [0.15, 0.2) is 23.5 Å². The molecular formula is C18H15FN2O5. The van der Waals surface area contributed by atoms with Gasteiger partial charge in [0.05, 0.1) is 17.9 Å². The van der Waals surface area contributed by atoms with Crippen LogP contribution in [0.3, 0.4) is 0 Å². The number of fused-ring (bicyclic) bond motifs is 1. The van der Waals surface area contributed by atoms with E-state index < -0.39 is 29.8 Å². The topological polar surface area (TPSA) is 76.2 Å². The van der Waals surface area contributed by atoms with E-state index in [9.17, 15) is 18.8 Å². The summed E-state index contributed by atoms with van der Waals surface area (Å²) in [5.41, 5.74) is 0.308. The number of hydrogen-bond acceptors (Lipinski definition) is 5. The molecular weight excluding hydrogens is 343 g/mol. The number of carbonyl (C=O) groups is 3. The predicted octanol–water partition coefficient (Wildman–Crippen LogP) is 2.35. The van der Waals surface area contributed by atoms with Gasteiger partial charge in [0.2, 0.25) is 0 Å². The van der Waals surface area contributed by atoms with Crippen LogP contribution in [0.5, 0.6) is 5.75 Å². The fraction of sp³-hybridized carbons (Fsp3) is 0.278. The monoisotopic (exact) mass is 358 g/mol. The Kier molecular flexibility index (Phi) is 4.16. The molecule has 134 valence electrons. The summed E-state index contributed by atoms with van der Waals surface area (Å²) in [7, 11) is 0. The Hall–Kier alpha value is -3.34. The van der Waals surface area contributed by atoms with Gasteiger partial charge in [0.1, 0.15) is 5.75 Å². The van der Waals surface area contributed by atoms with E-state index in [0.29, 0.717) is 10.5 Å². The molecule has 3 amide bonds. The van der Waals surface area contributed by atoms with Crippen molar-refractivity contribution in [2.75, 3.05) is 16.3 Å². The Labute approximate surface area is 149 Å². The van der Waals surface area contributed by atoms with Crippen molar-refractivity contribution in [3.05, 3.63) is 29.3 Å². The molecule has 0 N–H and O–H groups in total. The van der Waals surface area contributed by atoms with Gasteiger partial charge in [-0.2, -0.15) is 0 Å². The maximum Gasteiger partial charge on any atom is 0.427 e. The average Bonchev–Trinajstić information content (AvgIpc) is 2.87. The van der Waals surface area contributed by atoms with Crippen LogP contribution in [0.25, 0.3) is 0 Å². The van der Waals surface area contributed by atoms with Crippen LogP contribution < -0.4 is 14.5 Å². The Bertz CT molecular complexity index is 911. The molecule has 2 aliphatic rings. The van der Waals surface area contributed by atoms with Gasteiger partial charge in [0.15, 0.2) is 17.7 Å². The van der Waals surface area contributed by atoms with Gasteiger partial charge in [-0.15, -0.1) is 6.42 Å². The lowest BCUT2D eigenvalue weighted by molar-refractivity contribution is -0.125. The summed E-state index contributed by atoms with van der Waals surface area (Å²) in [6, 6.07) is 2.19. The molecule has 0 radical (unpaired) electrons. The molecule has 0 aromatic heterocycles. The molecule has 0 aliphatic carbocycles. The minimum Gasteiger partial charge on any atom is -0.479 e. The van der Waals surface area contributed by atoms with Crippen LogP contribution in [0.4, 0.5) is 20.6 Å². The van der Waals surface area contributed by atoms with E-state index in [-0.39, 0.29) is 29.4 Å². The first-order valence-corrected chi connectivity index (χ1v) is 7.75. The summed E-state index contributed by atoms with van der Waals surface area (Å²) in [5, 5.41) is 0. The Morgan fingerprint density at radius 2 is 1.96 bits per heavy atom. The molecule has 0 spiro atoms. The number of anilines is 2. The first kappa shape index (κ1) is 17.5. The number of hydrogen-bond donors (Lipinski definition) is 0. The SMILES string of the molecule is C#CCN1C(=O)C(C)Oc2cc(F)c(N3C(=O)OC(=C(C)C)C3=O)cc21. The fourth-order valence-corrected chi connectivity index (χ4v) is 2.73. The highest BCUT2D eigenvalue weighted by Crippen LogP contribution is 2.40. The van der Waals surface area contributed by atoms with E-state index in [4.69, 9.17) is 15.9 Å². The third-order valence-corrected chi connectivity index (χ3v) is 3.95. The molecule has 26 heavy (non-hydrogen) atoms. The highest BCUT2D eigenvalue weighted by molar-refractivity contribution is 6.24. The van der Waals surface area contributed by atoms with Crippen molar-refractivity contribution in [2.45, 2.75) is 26.9 Å². The third-order valence-electron chi connectivity index (χ3n) is 3.95. The van der Waals surface area contributed by atoms with E-state index >= 15 is 0 Å².